The number of halogens is 2. The molecule has 1 aromatic carbocycles. The molecule has 2 heterocycles. The van der Waals surface area contributed by atoms with Gasteiger partial charge < -0.3 is 10.6 Å². The van der Waals surface area contributed by atoms with Crippen LogP contribution < -0.4 is 10.6 Å². The standard InChI is InChI=1S/C20H23F2N3O2S/c21-16-8-15(9-17(22)10-16)20(27)24-12-19(26)23-11-14-3-5-25(6-4-14)13-18-2-1-7-28-18/h1-2,7-10,14H,3-6,11-13H2,(H,23,26)(H,24,27). The molecule has 0 radical (unpaired) electrons. The van der Waals surface area contributed by atoms with Gasteiger partial charge in [-0.25, -0.2) is 8.78 Å². The van der Waals surface area contributed by atoms with Crippen LogP contribution in [-0.2, 0) is 11.3 Å². The second kappa shape index (κ2) is 9.75. The molecule has 150 valence electrons. The lowest BCUT2D eigenvalue weighted by Gasteiger charge is -2.31. The zero-order chi connectivity index (χ0) is 19.9. The van der Waals surface area contributed by atoms with Crippen LogP contribution in [0, 0.1) is 17.6 Å². The summed E-state index contributed by atoms with van der Waals surface area (Å²) < 4.78 is 26.3. The van der Waals surface area contributed by atoms with Crippen LogP contribution in [0.1, 0.15) is 28.1 Å². The molecule has 2 N–H and O–H groups in total. The lowest BCUT2D eigenvalue weighted by Crippen LogP contribution is -2.41. The Morgan fingerprint density at radius 1 is 1.11 bits per heavy atom. The number of carbonyl (C=O) groups excluding carboxylic acids is 2. The highest BCUT2D eigenvalue weighted by Gasteiger charge is 2.20. The average molecular weight is 407 g/mol. The first-order valence-electron chi connectivity index (χ1n) is 9.25. The first kappa shape index (κ1) is 20.4. The molecule has 8 heteroatoms. The van der Waals surface area contributed by atoms with Crippen molar-refractivity contribution in [1.82, 2.24) is 15.5 Å². The number of likely N-dealkylation sites (tertiary alicyclic amines) is 1. The molecule has 0 unspecified atom stereocenters. The summed E-state index contributed by atoms with van der Waals surface area (Å²) in [7, 11) is 0. The minimum Gasteiger partial charge on any atom is -0.354 e. The average Bonchev–Trinajstić information content (AvgIpc) is 3.18. The van der Waals surface area contributed by atoms with E-state index in [0.29, 0.717) is 18.5 Å². The molecule has 5 nitrogen and oxygen atoms in total. The van der Waals surface area contributed by atoms with Crippen molar-refractivity contribution in [2.24, 2.45) is 5.92 Å². The quantitative estimate of drug-likeness (QED) is 0.742. The van der Waals surface area contributed by atoms with Gasteiger partial charge in [0.25, 0.3) is 5.91 Å². The number of hydrogen-bond acceptors (Lipinski definition) is 4. The highest BCUT2D eigenvalue weighted by atomic mass is 32.1. The fourth-order valence-corrected chi connectivity index (χ4v) is 3.99. The zero-order valence-corrected chi connectivity index (χ0v) is 16.2. The number of carbonyl (C=O) groups is 2. The first-order chi connectivity index (χ1) is 13.5. The Hall–Kier alpha value is -2.32. The molecule has 1 fully saturated rings. The van der Waals surface area contributed by atoms with E-state index < -0.39 is 17.5 Å². The van der Waals surface area contributed by atoms with E-state index in [0.717, 1.165) is 44.6 Å². The maximum atomic E-state index is 13.1. The molecule has 0 saturated carbocycles. The van der Waals surface area contributed by atoms with Crippen molar-refractivity contribution >= 4 is 23.2 Å². The number of nitrogens with one attached hydrogen (secondary N) is 2. The number of piperidine rings is 1. The monoisotopic (exact) mass is 407 g/mol. The molecule has 1 aromatic heterocycles. The normalized spacial score (nSPS) is 15.4. The minimum absolute atomic E-state index is 0.150. The summed E-state index contributed by atoms with van der Waals surface area (Å²) >= 11 is 1.76. The Labute approximate surface area is 166 Å². The number of thiophene rings is 1. The van der Waals surface area contributed by atoms with Crippen molar-refractivity contribution in [3.63, 3.8) is 0 Å². The van der Waals surface area contributed by atoms with E-state index in [2.05, 4.69) is 33.0 Å². The maximum Gasteiger partial charge on any atom is 0.251 e. The molecular formula is C20H23F2N3O2S. The van der Waals surface area contributed by atoms with Crippen molar-refractivity contribution < 1.29 is 18.4 Å². The molecule has 28 heavy (non-hydrogen) atoms. The molecular weight excluding hydrogens is 384 g/mol. The van der Waals surface area contributed by atoms with Crippen molar-refractivity contribution in [3.05, 3.63) is 57.8 Å². The van der Waals surface area contributed by atoms with Crippen molar-refractivity contribution in [3.8, 4) is 0 Å². The molecule has 1 aliphatic rings. The van der Waals surface area contributed by atoms with Crippen LogP contribution in [0.25, 0.3) is 0 Å². The number of hydrogen-bond donors (Lipinski definition) is 2. The summed E-state index contributed by atoms with van der Waals surface area (Å²) in [5, 5.41) is 7.29. The van der Waals surface area contributed by atoms with Gasteiger partial charge in [-0.1, -0.05) is 6.07 Å². The van der Waals surface area contributed by atoms with Gasteiger partial charge >= 0.3 is 0 Å². The summed E-state index contributed by atoms with van der Waals surface area (Å²) in [4.78, 5) is 27.6. The van der Waals surface area contributed by atoms with Crippen LogP contribution in [0.2, 0.25) is 0 Å². The second-order valence-corrected chi connectivity index (χ2v) is 7.98. The van der Waals surface area contributed by atoms with Gasteiger partial charge in [0.15, 0.2) is 0 Å². The van der Waals surface area contributed by atoms with Crippen molar-refractivity contribution in [2.45, 2.75) is 19.4 Å². The van der Waals surface area contributed by atoms with Crippen LogP contribution in [0.4, 0.5) is 8.78 Å². The summed E-state index contributed by atoms with van der Waals surface area (Å²) in [6, 6.07) is 6.76. The molecule has 0 bridgehead atoms. The Bertz CT molecular complexity index is 786. The van der Waals surface area contributed by atoms with Gasteiger partial charge in [0.2, 0.25) is 5.91 Å². The minimum atomic E-state index is -0.833. The van der Waals surface area contributed by atoms with Gasteiger partial charge in [0.1, 0.15) is 11.6 Å². The fourth-order valence-electron chi connectivity index (χ4n) is 3.24. The second-order valence-electron chi connectivity index (χ2n) is 6.94. The third kappa shape index (κ3) is 6.10. The number of benzene rings is 1. The van der Waals surface area contributed by atoms with E-state index in [1.165, 1.54) is 4.88 Å². The van der Waals surface area contributed by atoms with Crippen molar-refractivity contribution in [2.75, 3.05) is 26.2 Å². The highest BCUT2D eigenvalue weighted by Crippen LogP contribution is 2.20. The first-order valence-corrected chi connectivity index (χ1v) is 10.1. The summed E-state index contributed by atoms with van der Waals surface area (Å²) in [5.41, 5.74) is -0.150. The Morgan fingerprint density at radius 3 is 2.46 bits per heavy atom. The van der Waals surface area contributed by atoms with Gasteiger partial charge in [-0.15, -0.1) is 11.3 Å². The largest absolute Gasteiger partial charge is 0.354 e. The van der Waals surface area contributed by atoms with Crippen LogP contribution in [0.5, 0.6) is 0 Å². The SMILES string of the molecule is O=C(CNC(=O)c1cc(F)cc(F)c1)NCC1CCN(Cc2cccs2)CC1. The summed E-state index contributed by atoms with van der Waals surface area (Å²) in [5.74, 6) is -2.25. The third-order valence-electron chi connectivity index (χ3n) is 4.79. The molecule has 2 amide bonds. The van der Waals surface area contributed by atoms with Crippen LogP contribution in [0.15, 0.2) is 35.7 Å². The predicted octanol–water partition coefficient (Wildman–Crippen LogP) is 2.78. The van der Waals surface area contributed by atoms with E-state index in [-0.39, 0.29) is 18.0 Å². The van der Waals surface area contributed by atoms with Crippen LogP contribution >= 0.6 is 11.3 Å². The van der Waals surface area contributed by atoms with Crippen molar-refractivity contribution in [1.29, 1.82) is 0 Å². The van der Waals surface area contributed by atoms with Gasteiger partial charge in [-0.2, -0.15) is 0 Å². The van der Waals surface area contributed by atoms with Gasteiger partial charge in [0, 0.05) is 29.6 Å². The Kier molecular flexibility index (Phi) is 7.11. The third-order valence-corrected chi connectivity index (χ3v) is 5.65. The Balaban J connectivity index is 1.34. The lowest BCUT2D eigenvalue weighted by atomic mass is 9.97. The van der Waals surface area contributed by atoms with Gasteiger partial charge in [-0.05, 0) is 55.4 Å². The Morgan fingerprint density at radius 2 is 1.82 bits per heavy atom. The topological polar surface area (TPSA) is 61.4 Å². The smallest absolute Gasteiger partial charge is 0.251 e. The van der Waals surface area contributed by atoms with E-state index >= 15 is 0 Å². The highest BCUT2D eigenvalue weighted by molar-refractivity contribution is 7.09. The molecule has 3 rings (SSSR count). The predicted molar refractivity (Wildman–Crippen MR) is 104 cm³/mol. The molecule has 0 atom stereocenters. The van der Waals surface area contributed by atoms with Crippen LogP contribution in [-0.4, -0.2) is 42.9 Å². The fraction of sp³-hybridized carbons (Fsp3) is 0.400. The van der Waals surface area contributed by atoms with E-state index in [4.69, 9.17) is 0 Å². The number of nitrogens with zero attached hydrogens (tertiary/aromatic N) is 1. The van der Waals surface area contributed by atoms with Crippen LogP contribution in [0.3, 0.4) is 0 Å². The molecule has 2 aromatic rings. The number of rotatable bonds is 7. The lowest BCUT2D eigenvalue weighted by molar-refractivity contribution is -0.120. The molecule has 1 aliphatic heterocycles. The summed E-state index contributed by atoms with van der Waals surface area (Å²) in [6.07, 6.45) is 2.03. The van der Waals surface area contributed by atoms with Gasteiger partial charge in [0.05, 0.1) is 6.54 Å². The zero-order valence-electron chi connectivity index (χ0n) is 15.4. The maximum absolute atomic E-state index is 13.1. The summed E-state index contributed by atoms with van der Waals surface area (Å²) in [6.45, 7) is 3.31. The van der Waals surface area contributed by atoms with E-state index in [9.17, 15) is 18.4 Å². The van der Waals surface area contributed by atoms with E-state index in [1.807, 2.05) is 0 Å². The molecule has 1 saturated heterocycles. The molecule has 0 aliphatic carbocycles. The number of amides is 2. The molecule has 0 spiro atoms. The van der Waals surface area contributed by atoms with Gasteiger partial charge in [-0.3, -0.25) is 14.5 Å². The van der Waals surface area contributed by atoms with E-state index in [1.54, 1.807) is 11.3 Å².